The van der Waals surface area contributed by atoms with Crippen LogP contribution in [-0.2, 0) is 9.84 Å². The molecule has 2 amide bonds. The van der Waals surface area contributed by atoms with E-state index in [1.807, 2.05) is 48.7 Å². The zero-order valence-electron chi connectivity index (χ0n) is 13.4. The molecule has 2 heterocycles. The number of carbonyl (C=O) groups excluding carboxylic acids is 1. The number of carbonyl (C=O) groups is 1. The summed E-state index contributed by atoms with van der Waals surface area (Å²) in [5.41, 5.74) is 1.73. The van der Waals surface area contributed by atoms with Crippen molar-refractivity contribution in [3.8, 4) is 0 Å². The van der Waals surface area contributed by atoms with E-state index in [2.05, 4.69) is 5.32 Å². The van der Waals surface area contributed by atoms with Crippen LogP contribution in [0.1, 0.15) is 22.1 Å². The third kappa shape index (κ3) is 3.62. The lowest BCUT2D eigenvalue weighted by Gasteiger charge is -2.21. The average Bonchev–Trinajstić information content (AvgIpc) is 3.01. The first-order valence-corrected chi connectivity index (χ1v) is 10.4. The van der Waals surface area contributed by atoms with Crippen LogP contribution >= 0.6 is 11.3 Å². The molecule has 1 N–H and O–H groups in total. The number of benzene rings is 1. The van der Waals surface area contributed by atoms with E-state index in [0.29, 0.717) is 13.0 Å². The lowest BCUT2D eigenvalue weighted by atomic mass is 10.2. The second-order valence-electron chi connectivity index (χ2n) is 5.89. The number of thiophene rings is 1. The van der Waals surface area contributed by atoms with Gasteiger partial charge in [0.2, 0.25) is 0 Å². The largest absolute Gasteiger partial charge is 0.323 e. The van der Waals surface area contributed by atoms with Crippen LogP contribution < -0.4 is 5.32 Å². The number of nitrogens with one attached hydrogen (secondary N) is 1. The Morgan fingerprint density at radius 2 is 2.00 bits per heavy atom. The van der Waals surface area contributed by atoms with Crippen LogP contribution in [0.5, 0.6) is 0 Å². The highest BCUT2D eigenvalue weighted by atomic mass is 32.2. The normalized spacial score (nSPS) is 20.4. The Bertz CT molecular complexity index is 816. The zero-order valence-corrected chi connectivity index (χ0v) is 15.1. The smallest absolute Gasteiger partial charge is 0.321 e. The number of nitrogens with zero attached hydrogens (tertiary/aromatic N) is 1. The fourth-order valence-corrected chi connectivity index (χ4v) is 5.85. The second kappa shape index (κ2) is 6.94. The number of hydrogen-bond donors (Lipinski definition) is 1. The molecule has 7 heteroatoms. The molecule has 0 aliphatic carbocycles. The number of anilines is 1. The number of urea groups is 1. The number of amides is 2. The highest BCUT2D eigenvalue weighted by Gasteiger charge is 2.33. The van der Waals surface area contributed by atoms with Gasteiger partial charge in [0.15, 0.2) is 9.84 Å². The van der Waals surface area contributed by atoms with Gasteiger partial charge in [-0.25, -0.2) is 13.2 Å². The predicted molar refractivity (Wildman–Crippen MR) is 97.2 cm³/mol. The number of sulfone groups is 1. The van der Waals surface area contributed by atoms with Gasteiger partial charge in [-0.05, 0) is 36.4 Å². The van der Waals surface area contributed by atoms with Crippen LogP contribution in [0.25, 0.3) is 0 Å². The first kappa shape index (κ1) is 17.0. The Morgan fingerprint density at radius 1 is 1.21 bits per heavy atom. The molecule has 5 nitrogen and oxygen atoms in total. The molecule has 1 aliphatic rings. The lowest BCUT2D eigenvalue weighted by Crippen LogP contribution is -2.37. The molecule has 0 bridgehead atoms. The first-order chi connectivity index (χ1) is 11.5. The van der Waals surface area contributed by atoms with Gasteiger partial charge in [-0.1, -0.05) is 24.3 Å². The highest BCUT2D eigenvalue weighted by Crippen LogP contribution is 2.32. The lowest BCUT2D eigenvalue weighted by molar-refractivity contribution is 0.215. The van der Waals surface area contributed by atoms with Crippen LogP contribution in [0, 0.1) is 6.92 Å². The minimum Gasteiger partial charge on any atom is -0.323 e. The average molecular weight is 364 g/mol. The van der Waals surface area contributed by atoms with Gasteiger partial charge in [0.1, 0.15) is 0 Å². The Balaban J connectivity index is 1.73. The quantitative estimate of drug-likeness (QED) is 0.887. The fraction of sp³-hybridized carbons (Fsp3) is 0.353. The summed E-state index contributed by atoms with van der Waals surface area (Å²) in [6.07, 6.45) is 0.435. The molecule has 1 unspecified atom stereocenters. The molecule has 1 atom stereocenters. The van der Waals surface area contributed by atoms with Crippen molar-refractivity contribution in [2.75, 3.05) is 24.2 Å². The van der Waals surface area contributed by atoms with Gasteiger partial charge in [0.25, 0.3) is 0 Å². The van der Waals surface area contributed by atoms with Crippen molar-refractivity contribution in [3.63, 3.8) is 0 Å². The maximum absolute atomic E-state index is 12.5. The van der Waals surface area contributed by atoms with E-state index in [4.69, 9.17) is 0 Å². The SMILES string of the molecule is Cc1ccccc1NC(=O)N1CCC(c2cccs2)S(=O)(=O)CC1. The van der Waals surface area contributed by atoms with Gasteiger partial charge in [-0.15, -0.1) is 11.3 Å². The van der Waals surface area contributed by atoms with Crippen LogP contribution in [0.15, 0.2) is 41.8 Å². The van der Waals surface area contributed by atoms with Gasteiger partial charge in [-0.3, -0.25) is 0 Å². The van der Waals surface area contributed by atoms with Gasteiger partial charge < -0.3 is 10.2 Å². The van der Waals surface area contributed by atoms with Crippen molar-refractivity contribution in [1.82, 2.24) is 4.90 Å². The molecule has 0 spiro atoms. The molecule has 0 radical (unpaired) electrons. The van der Waals surface area contributed by atoms with E-state index < -0.39 is 15.1 Å². The minimum absolute atomic E-state index is 0.00322. The third-order valence-electron chi connectivity index (χ3n) is 4.27. The molecule has 3 rings (SSSR count). The van der Waals surface area contributed by atoms with E-state index in [9.17, 15) is 13.2 Å². The predicted octanol–water partition coefficient (Wildman–Crippen LogP) is 3.45. The van der Waals surface area contributed by atoms with E-state index in [0.717, 1.165) is 16.1 Å². The fourth-order valence-electron chi connectivity index (χ4n) is 2.85. The molecule has 0 saturated carbocycles. The third-order valence-corrected chi connectivity index (χ3v) is 7.52. The molecular formula is C17H20N2O3S2. The van der Waals surface area contributed by atoms with E-state index in [1.165, 1.54) is 11.3 Å². The van der Waals surface area contributed by atoms with Crippen LogP contribution in [-0.4, -0.2) is 38.2 Å². The van der Waals surface area contributed by atoms with E-state index in [-0.39, 0.29) is 18.3 Å². The van der Waals surface area contributed by atoms with Crippen molar-refractivity contribution >= 4 is 32.9 Å². The number of para-hydroxylation sites is 1. The first-order valence-electron chi connectivity index (χ1n) is 7.84. The molecule has 1 saturated heterocycles. The number of hydrogen-bond acceptors (Lipinski definition) is 4. The number of aryl methyl sites for hydroxylation is 1. The van der Waals surface area contributed by atoms with E-state index >= 15 is 0 Å². The minimum atomic E-state index is -3.24. The molecular weight excluding hydrogens is 344 g/mol. The molecule has 24 heavy (non-hydrogen) atoms. The van der Waals surface area contributed by atoms with Crippen LogP contribution in [0.4, 0.5) is 10.5 Å². The molecule has 1 aromatic carbocycles. The second-order valence-corrected chi connectivity index (χ2v) is 9.17. The standard InChI is InChI=1S/C17H20N2O3S2/c1-13-5-2-3-6-14(13)18-17(20)19-9-8-16(15-7-4-11-23-15)24(21,22)12-10-19/h2-7,11,16H,8-10,12H2,1H3,(H,18,20). The van der Waals surface area contributed by atoms with Gasteiger partial charge in [-0.2, -0.15) is 0 Å². The molecule has 128 valence electrons. The van der Waals surface area contributed by atoms with Gasteiger partial charge in [0, 0.05) is 23.7 Å². The summed E-state index contributed by atoms with van der Waals surface area (Å²) < 4.78 is 25.1. The molecule has 2 aromatic rings. The summed E-state index contributed by atoms with van der Waals surface area (Å²) in [5.74, 6) is -0.00322. The van der Waals surface area contributed by atoms with Crippen LogP contribution in [0.2, 0.25) is 0 Å². The van der Waals surface area contributed by atoms with Gasteiger partial charge >= 0.3 is 6.03 Å². The van der Waals surface area contributed by atoms with Crippen molar-refractivity contribution in [2.45, 2.75) is 18.6 Å². The van der Waals surface area contributed by atoms with Crippen molar-refractivity contribution < 1.29 is 13.2 Å². The summed E-state index contributed by atoms with van der Waals surface area (Å²) in [6, 6.07) is 11.0. The summed E-state index contributed by atoms with van der Waals surface area (Å²) in [7, 11) is -3.24. The van der Waals surface area contributed by atoms with Crippen LogP contribution in [0.3, 0.4) is 0 Å². The summed E-state index contributed by atoms with van der Waals surface area (Å²) in [6.45, 7) is 2.58. The van der Waals surface area contributed by atoms with Crippen molar-refractivity contribution in [1.29, 1.82) is 0 Å². The van der Waals surface area contributed by atoms with Crippen molar-refractivity contribution in [2.24, 2.45) is 0 Å². The Morgan fingerprint density at radius 3 is 2.71 bits per heavy atom. The van der Waals surface area contributed by atoms with Crippen molar-refractivity contribution in [3.05, 3.63) is 52.2 Å². The Kier molecular flexibility index (Phi) is 4.91. The molecule has 1 aliphatic heterocycles. The van der Waals surface area contributed by atoms with E-state index in [1.54, 1.807) is 4.90 Å². The topological polar surface area (TPSA) is 66.5 Å². The Hall–Kier alpha value is -1.86. The zero-order chi connectivity index (χ0) is 17.2. The van der Waals surface area contributed by atoms with Gasteiger partial charge in [0.05, 0.1) is 11.0 Å². The summed E-state index contributed by atoms with van der Waals surface area (Å²) >= 11 is 1.46. The number of rotatable bonds is 2. The summed E-state index contributed by atoms with van der Waals surface area (Å²) in [4.78, 5) is 15.0. The molecule has 1 fully saturated rings. The highest BCUT2D eigenvalue weighted by molar-refractivity contribution is 7.91. The maximum atomic E-state index is 12.5. The Labute approximate surface area is 146 Å². The summed E-state index contributed by atoms with van der Waals surface area (Å²) in [5, 5.41) is 4.26. The monoisotopic (exact) mass is 364 g/mol. The maximum Gasteiger partial charge on any atom is 0.321 e. The molecule has 1 aromatic heterocycles.